The molecule has 0 bridgehead atoms. The maximum absolute atomic E-state index is 12.1. The quantitative estimate of drug-likeness (QED) is 0.799. The first kappa shape index (κ1) is 15.3. The number of esters is 2. The van der Waals surface area contributed by atoms with E-state index in [0.717, 1.165) is 5.56 Å². The molecule has 0 spiro atoms. The zero-order valence-electron chi connectivity index (χ0n) is 12.5. The highest BCUT2D eigenvalue weighted by Crippen LogP contribution is 2.40. The van der Waals surface area contributed by atoms with Crippen LogP contribution < -0.4 is 0 Å². The molecule has 4 heteroatoms. The summed E-state index contributed by atoms with van der Waals surface area (Å²) in [6.45, 7) is 5.46. The maximum atomic E-state index is 12.1. The molecule has 1 aliphatic rings. The SMILES string of the molecule is CCOC(=O)[C@H]1[C@@H](/C=C/c2ccccc2)OC(=O)C1(C)C. The average Bonchev–Trinajstić information content (AvgIpc) is 2.68. The zero-order chi connectivity index (χ0) is 15.5. The topological polar surface area (TPSA) is 52.6 Å². The van der Waals surface area contributed by atoms with E-state index < -0.39 is 23.4 Å². The Balaban J connectivity index is 2.23. The largest absolute Gasteiger partial charge is 0.466 e. The summed E-state index contributed by atoms with van der Waals surface area (Å²) in [4.78, 5) is 24.1. The molecule has 4 nitrogen and oxygen atoms in total. The van der Waals surface area contributed by atoms with Crippen LogP contribution in [0.5, 0.6) is 0 Å². The molecule has 2 rings (SSSR count). The second kappa shape index (κ2) is 6.12. The van der Waals surface area contributed by atoms with E-state index in [1.54, 1.807) is 26.8 Å². The molecular weight excluding hydrogens is 268 g/mol. The van der Waals surface area contributed by atoms with Crippen molar-refractivity contribution in [1.82, 2.24) is 0 Å². The van der Waals surface area contributed by atoms with Crippen molar-refractivity contribution in [3.63, 3.8) is 0 Å². The van der Waals surface area contributed by atoms with Crippen molar-refractivity contribution in [1.29, 1.82) is 0 Å². The van der Waals surface area contributed by atoms with Gasteiger partial charge in [-0.1, -0.05) is 36.4 Å². The van der Waals surface area contributed by atoms with E-state index in [4.69, 9.17) is 9.47 Å². The van der Waals surface area contributed by atoms with Crippen molar-refractivity contribution in [2.24, 2.45) is 11.3 Å². The maximum Gasteiger partial charge on any atom is 0.314 e. The molecule has 1 saturated heterocycles. The summed E-state index contributed by atoms with van der Waals surface area (Å²) < 4.78 is 10.4. The van der Waals surface area contributed by atoms with Crippen molar-refractivity contribution in [2.75, 3.05) is 6.61 Å². The van der Waals surface area contributed by atoms with Crippen molar-refractivity contribution >= 4 is 18.0 Å². The number of cyclic esters (lactones) is 1. The molecule has 1 fully saturated rings. The first-order chi connectivity index (χ1) is 9.96. The number of carbonyl (C=O) groups is 2. The standard InChI is InChI=1S/C17H20O4/c1-4-20-15(18)14-13(21-16(19)17(14,2)3)11-10-12-8-6-5-7-9-12/h5-11,13-14H,4H2,1-3H3/b11-10+/t13-,14-/m1/s1. The lowest BCUT2D eigenvalue weighted by molar-refractivity contribution is -0.153. The summed E-state index contributed by atoms with van der Waals surface area (Å²) in [7, 11) is 0. The smallest absolute Gasteiger partial charge is 0.314 e. The number of hydrogen-bond donors (Lipinski definition) is 0. The van der Waals surface area contributed by atoms with Crippen LogP contribution in [0.15, 0.2) is 36.4 Å². The van der Waals surface area contributed by atoms with Gasteiger partial charge < -0.3 is 9.47 Å². The van der Waals surface area contributed by atoms with Crippen molar-refractivity contribution < 1.29 is 19.1 Å². The fraction of sp³-hybridized carbons (Fsp3) is 0.412. The minimum Gasteiger partial charge on any atom is -0.466 e. The minimum absolute atomic E-state index is 0.286. The van der Waals surface area contributed by atoms with E-state index in [9.17, 15) is 9.59 Å². The normalized spacial score (nSPS) is 24.0. The van der Waals surface area contributed by atoms with Gasteiger partial charge in [0.05, 0.1) is 12.0 Å². The van der Waals surface area contributed by atoms with E-state index in [1.165, 1.54) is 0 Å². The first-order valence-electron chi connectivity index (χ1n) is 7.07. The highest BCUT2D eigenvalue weighted by Gasteiger charge is 2.54. The molecule has 0 aliphatic carbocycles. The van der Waals surface area contributed by atoms with Crippen molar-refractivity contribution in [3.05, 3.63) is 42.0 Å². The van der Waals surface area contributed by atoms with Gasteiger partial charge in [0.1, 0.15) is 12.0 Å². The third-order valence-electron chi connectivity index (χ3n) is 3.69. The van der Waals surface area contributed by atoms with Gasteiger partial charge in [-0.05, 0) is 32.4 Å². The molecule has 1 aromatic carbocycles. The average molecular weight is 288 g/mol. The lowest BCUT2D eigenvalue weighted by atomic mass is 9.78. The van der Waals surface area contributed by atoms with E-state index >= 15 is 0 Å². The van der Waals surface area contributed by atoms with Gasteiger partial charge in [0.25, 0.3) is 0 Å². The van der Waals surface area contributed by atoms with E-state index in [1.807, 2.05) is 36.4 Å². The van der Waals surface area contributed by atoms with Crippen molar-refractivity contribution in [3.8, 4) is 0 Å². The molecule has 1 heterocycles. The Morgan fingerprint density at radius 1 is 1.33 bits per heavy atom. The van der Waals surface area contributed by atoms with E-state index in [0.29, 0.717) is 0 Å². The predicted octanol–water partition coefficient (Wildman–Crippen LogP) is 2.83. The Labute approximate surface area is 124 Å². The molecule has 112 valence electrons. The van der Waals surface area contributed by atoms with Gasteiger partial charge in [0.2, 0.25) is 0 Å². The Bertz CT molecular complexity index is 545. The summed E-state index contributed by atoms with van der Waals surface area (Å²) in [5.74, 6) is -1.38. The van der Waals surface area contributed by atoms with Crippen LogP contribution in [0.3, 0.4) is 0 Å². The number of benzene rings is 1. The lowest BCUT2D eigenvalue weighted by Gasteiger charge is -2.21. The third-order valence-corrected chi connectivity index (χ3v) is 3.69. The predicted molar refractivity (Wildman–Crippen MR) is 79.3 cm³/mol. The molecule has 2 atom stereocenters. The van der Waals surface area contributed by atoms with Gasteiger partial charge in [-0.25, -0.2) is 0 Å². The van der Waals surface area contributed by atoms with E-state index in [2.05, 4.69) is 0 Å². The third kappa shape index (κ3) is 3.15. The molecule has 0 saturated carbocycles. The fourth-order valence-electron chi connectivity index (χ4n) is 2.46. The van der Waals surface area contributed by atoms with E-state index in [-0.39, 0.29) is 12.6 Å². The molecule has 1 aliphatic heterocycles. The Morgan fingerprint density at radius 2 is 2.00 bits per heavy atom. The molecule has 0 radical (unpaired) electrons. The number of ether oxygens (including phenoxy) is 2. The van der Waals surface area contributed by atoms with Crippen LogP contribution in [-0.4, -0.2) is 24.6 Å². The highest BCUT2D eigenvalue weighted by molar-refractivity contribution is 5.89. The zero-order valence-corrected chi connectivity index (χ0v) is 12.5. The second-order valence-corrected chi connectivity index (χ2v) is 5.59. The molecule has 0 amide bonds. The number of carbonyl (C=O) groups excluding carboxylic acids is 2. The molecule has 21 heavy (non-hydrogen) atoms. The summed E-state index contributed by atoms with van der Waals surface area (Å²) >= 11 is 0. The van der Waals surface area contributed by atoms with Crippen LogP contribution in [0.25, 0.3) is 6.08 Å². The molecular formula is C17H20O4. The Morgan fingerprint density at radius 3 is 2.62 bits per heavy atom. The van der Waals surface area contributed by atoms with Crippen LogP contribution in [0, 0.1) is 11.3 Å². The first-order valence-corrected chi connectivity index (χ1v) is 7.07. The van der Waals surface area contributed by atoms with Gasteiger partial charge in [-0.3, -0.25) is 9.59 Å². The molecule has 0 aromatic heterocycles. The number of hydrogen-bond acceptors (Lipinski definition) is 4. The summed E-state index contributed by atoms with van der Waals surface area (Å²) in [5.41, 5.74) is 0.110. The van der Waals surface area contributed by atoms with Crippen LogP contribution in [0.2, 0.25) is 0 Å². The monoisotopic (exact) mass is 288 g/mol. The van der Waals surface area contributed by atoms with Gasteiger partial charge in [-0.15, -0.1) is 0 Å². The van der Waals surface area contributed by atoms with Gasteiger partial charge in [0, 0.05) is 0 Å². The van der Waals surface area contributed by atoms with Crippen LogP contribution in [-0.2, 0) is 19.1 Å². The lowest BCUT2D eigenvalue weighted by Crippen LogP contribution is -2.36. The Kier molecular flexibility index (Phi) is 4.46. The minimum atomic E-state index is -0.877. The molecule has 0 N–H and O–H groups in total. The van der Waals surface area contributed by atoms with Gasteiger partial charge >= 0.3 is 11.9 Å². The summed E-state index contributed by atoms with van der Waals surface area (Å²) in [6, 6.07) is 9.66. The second-order valence-electron chi connectivity index (χ2n) is 5.59. The van der Waals surface area contributed by atoms with Crippen LogP contribution in [0.1, 0.15) is 26.3 Å². The van der Waals surface area contributed by atoms with Crippen molar-refractivity contribution in [2.45, 2.75) is 26.9 Å². The van der Waals surface area contributed by atoms with Crippen LogP contribution in [0.4, 0.5) is 0 Å². The van der Waals surface area contributed by atoms with Crippen LogP contribution >= 0.6 is 0 Å². The fourth-order valence-corrected chi connectivity index (χ4v) is 2.46. The molecule has 1 aromatic rings. The molecule has 0 unspecified atom stereocenters. The summed E-state index contributed by atoms with van der Waals surface area (Å²) in [6.07, 6.45) is 3.02. The highest BCUT2D eigenvalue weighted by atomic mass is 16.6. The Hall–Kier alpha value is -2.10. The summed E-state index contributed by atoms with van der Waals surface area (Å²) in [5, 5.41) is 0. The van der Waals surface area contributed by atoms with Gasteiger partial charge in [0.15, 0.2) is 0 Å². The number of rotatable bonds is 4. The van der Waals surface area contributed by atoms with Gasteiger partial charge in [-0.2, -0.15) is 0 Å².